The van der Waals surface area contributed by atoms with Gasteiger partial charge in [0.25, 0.3) is 0 Å². The van der Waals surface area contributed by atoms with Crippen LogP contribution in [0.15, 0.2) is 36.5 Å². The first-order valence-electron chi connectivity index (χ1n) is 5.87. The maximum Gasteiger partial charge on any atom is 0.139 e. The molecule has 1 aliphatic carbocycles. The van der Waals surface area contributed by atoms with Crippen molar-refractivity contribution in [3.63, 3.8) is 0 Å². The van der Waals surface area contributed by atoms with Crippen molar-refractivity contribution in [3.05, 3.63) is 53.6 Å². The molecule has 2 aromatic rings. The van der Waals surface area contributed by atoms with E-state index in [9.17, 15) is 0 Å². The molecule has 0 radical (unpaired) electrons. The average Bonchev–Trinajstić information content (AvgIpc) is 3.15. The van der Waals surface area contributed by atoms with Gasteiger partial charge in [0.2, 0.25) is 0 Å². The molecule has 0 atom stereocenters. The van der Waals surface area contributed by atoms with Crippen molar-refractivity contribution in [2.75, 3.05) is 5.73 Å². The SMILES string of the molecule is Cc1nc(C2(c3ccccc3)CC2)ncc1N. The van der Waals surface area contributed by atoms with Gasteiger partial charge in [-0.15, -0.1) is 0 Å². The largest absolute Gasteiger partial charge is 0.396 e. The van der Waals surface area contributed by atoms with Gasteiger partial charge in [0.15, 0.2) is 0 Å². The third kappa shape index (κ3) is 1.58. The Morgan fingerprint density at radius 3 is 2.47 bits per heavy atom. The number of nitrogens with two attached hydrogens (primary N) is 1. The summed E-state index contributed by atoms with van der Waals surface area (Å²) in [5.41, 5.74) is 8.65. The molecule has 0 saturated heterocycles. The molecule has 86 valence electrons. The van der Waals surface area contributed by atoms with E-state index in [1.165, 1.54) is 5.56 Å². The first kappa shape index (κ1) is 10.3. The molecular weight excluding hydrogens is 210 g/mol. The maximum absolute atomic E-state index is 5.77. The van der Waals surface area contributed by atoms with E-state index in [4.69, 9.17) is 5.73 Å². The fraction of sp³-hybridized carbons (Fsp3) is 0.286. The summed E-state index contributed by atoms with van der Waals surface area (Å²) in [7, 11) is 0. The highest BCUT2D eigenvalue weighted by Crippen LogP contribution is 2.52. The second-order valence-corrected chi connectivity index (χ2v) is 4.68. The first-order valence-corrected chi connectivity index (χ1v) is 5.87. The Morgan fingerprint density at radius 1 is 1.18 bits per heavy atom. The molecule has 0 bridgehead atoms. The van der Waals surface area contributed by atoms with E-state index in [1.807, 2.05) is 13.0 Å². The van der Waals surface area contributed by atoms with Gasteiger partial charge in [-0.05, 0) is 25.3 Å². The number of hydrogen-bond acceptors (Lipinski definition) is 3. The fourth-order valence-corrected chi connectivity index (χ4v) is 2.23. The monoisotopic (exact) mass is 225 g/mol. The van der Waals surface area contributed by atoms with Crippen LogP contribution in [0.3, 0.4) is 0 Å². The van der Waals surface area contributed by atoms with E-state index in [2.05, 4.69) is 34.2 Å². The quantitative estimate of drug-likeness (QED) is 0.854. The van der Waals surface area contributed by atoms with Crippen LogP contribution in [0.1, 0.15) is 29.9 Å². The van der Waals surface area contributed by atoms with E-state index in [-0.39, 0.29) is 5.41 Å². The predicted octanol–water partition coefficient (Wildman–Crippen LogP) is 2.45. The van der Waals surface area contributed by atoms with E-state index < -0.39 is 0 Å². The number of hydrogen-bond donors (Lipinski definition) is 1. The van der Waals surface area contributed by atoms with Crippen LogP contribution in [0.2, 0.25) is 0 Å². The summed E-state index contributed by atoms with van der Waals surface area (Å²) < 4.78 is 0. The topological polar surface area (TPSA) is 51.8 Å². The van der Waals surface area contributed by atoms with Gasteiger partial charge >= 0.3 is 0 Å². The van der Waals surface area contributed by atoms with E-state index in [0.29, 0.717) is 5.69 Å². The lowest BCUT2D eigenvalue weighted by Crippen LogP contribution is -2.14. The van der Waals surface area contributed by atoms with Crippen molar-refractivity contribution in [2.24, 2.45) is 0 Å². The van der Waals surface area contributed by atoms with Gasteiger partial charge in [0.05, 0.1) is 23.0 Å². The lowest BCUT2D eigenvalue weighted by atomic mass is 9.95. The van der Waals surface area contributed by atoms with Crippen LogP contribution >= 0.6 is 0 Å². The van der Waals surface area contributed by atoms with Gasteiger partial charge in [-0.25, -0.2) is 9.97 Å². The minimum Gasteiger partial charge on any atom is -0.396 e. The van der Waals surface area contributed by atoms with Gasteiger partial charge in [-0.2, -0.15) is 0 Å². The molecule has 3 rings (SSSR count). The summed E-state index contributed by atoms with van der Waals surface area (Å²) in [6, 6.07) is 10.5. The molecule has 1 aromatic heterocycles. The minimum absolute atomic E-state index is 0.0414. The highest BCUT2D eigenvalue weighted by Gasteiger charge is 2.48. The fourth-order valence-electron chi connectivity index (χ4n) is 2.23. The smallest absolute Gasteiger partial charge is 0.139 e. The van der Waals surface area contributed by atoms with Gasteiger partial charge in [-0.3, -0.25) is 0 Å². The first-order chi connectivity index (χ1) is 8.22. The third-order valence-corrected chi connectivity index (χ3v) is 3.52. The number of aromatic nitrogens is 2. The molecule has 0 amide bonds. The molecule has 1 heterocycles. The Balaban J connectivity index is 2.07. The van der Waals surface area contributed by atoms with Gasteiger partial charge in [0, 0.05) is 0 Å². The third-order valence-electron chi connectivity index (χ3n) is 3.52. The Kier molecular flexibility index (Phi) is 2.15. The zero-order chi connectivity index (χ0) is 11.9. The van der Waals surface area contributed by atoms with Crippen LogP contribution in [0.4, 0.5) is 5.69 Å². The summed E-state index contributed by atoms with van der Waals surface area (Å²) >= 11 is 0. The van der Waals surface area contributed by atoms with Crippen LogP contribution in [-0.4, -0.2) is 9.97 Å². The van der Waals surface area contributed by atoms with Crippen LogP contribution in [-0.2, 0) is 5.41 Å². The lowest BCUT2D eigenvalue weighted by Gasteiger charge is -2.14. The molecule has 3 nitrogen and oxygen atoms in total. The van der Waals surface area contributed by atoms with Crippen molar-refractivity contribution in [1.29, 1.82) is 0 Å². The van der Waals surface area contributed by atoms with E-state index in [1.54, 1.807) is 6.20 Å². The second-order valence-electron chi connectivity index (χ2n) is 4.68. The number of rotatable bonds is 2. The number of nitrogens with zero attached hydrogens (tertiary/aromatic N) is 2. The number of benzene rings is 1. The Morgan fingerprint density at radius 2 is 1.88 bits per heavy atom. The van der Waals surface area contributed by atoms with Crippen molar-refractivity contribution in [1.82, 2.24) is 9.97 Å². The predicted molar refractivity (Wildman–Crippen MR) is 67.6 cm³/mol. The highest BCUT2D eigenvalue weighted by atomic mass is 14.9. The number of anilines is 1. The van der Waals surface area contributed by atoms with Gasteiger partial charge < -0.3 is 5.73 Å². The molecule has 0 unspecified atom stereocenters. The Labute approximate surface area is 101 Å². The molecule has 3 heteroatoms. The molecule has 2 N–H and O–H groups in total. The summed E-state index contributed by atoms with van der Waals surface area (Å²) in [4.78, 5) is 8.96. The number of nitrogen functional groups attached to an aromatic ring is 1. The van der Waals surface area contributed by atoms with Gasteiger partial charge in [0.1, 0.15) is 5.82 Å². The van der Waals surface area contributed by atoms with Crippen LogP contribution < -0.4 is 5.73 Å². The van der Waals surface area contributed by atoms with Crippen LogP contribution in [0.5, 0.6) is 0 Å². The van der Waals surface area contributed by atoms with Crippen LogP contribution in [0, 0.1) is 6.92 Å². The zero-order valence-corrected chi connectivity index (χ0v) is 9.85. The molecule has 17 heavy (non-hydrogen) atoms. The Hall–Kier alpha value is -1.90. The summed E-state index contributed by atoms with van der Waals surface area (Å²) in [6.45, 7) is 1.93. The van der Waals surface area contributed by atoms with E-state index >= 15 is 0 Å². The maximum atomic E-state index is 5.77. The minimum atomic E-state index is 0.0414. The standard InChI is InChI=1S/C14H15N3/c1-10-12(15)9-16-13(17-10)14(7-8-14)11-5-3-2-4-6-11/h2-6,9H,7-8,15H2,1H3. The summed E-state index contributed by atoms with van der Waals surface area (Å²) in [5.74, 6) is 0.912. The molecular formula is C14H15N3. The molecule has 1 fully saturated rings. The molecule has 0 aliphatic heterocycles. The summed E-state index contributed by atoms with van der Waals surface area (Å²) in [5, 5.41) is 0. The molecule has 1 aromatic carbocycles. The summed E-state index contributed by atoms with van der Waals surface area (Å²) in [6.07, 6.45) is 3.97. The van der Waals surface area contributed by atoms with Crippen LogP contribution in [0.25, 0.3) is 0 Å². The zero-order valence-electron chi connectivity index (χ0n) is 9.85. The highest BCUT2D eigenvalue weighted by molar-refractivity contribution is 5.44. The van der Waals surface area contributed by atoms with Crippen molar-refractivity contribution in [3.8, 4) is 0 Å². The Bertz CT molecular complexity index is 545. The molecule has 0 spiro atoms. The average molecular weight is 225 g/mol. The second kappa shape index (κ2) is 3.55. The lowest BCUT2D eigenvalue weighted by molar-refractivity contribution is 0.749. The van der Waals surface area contributed by atoms with E-state index in [0.717, 1.165) is 24.4 Å². The van der Waals surface area contributed by atoms with Gasteiger partial charge in [-0.1, -0.05) is 30.3 Å². The molecule has 1 saturated carbocycles. The number of aryl methyl sites for hydroxylation is 1. The van der Waals surface area contributed by atoms with Crippen molar-refractivity contribution < 1.29 is 0 Å². The molecule has 1 aliphatic rings. The van der Waals surface area contributed by atoms with Crippen molar-refractivity contribution >= 4 is 5.69 Å². The van der Waals surface area contributed by atoms with Crippen molar-refractivity contribution in [2.45, 2.75) is 25.2 Å². The normalized spacial score (nSPS) is 16.8.